The van der Waals surface area contributed by atoms with E-state index in [-0.39, 0.29) is 5.91 Å². The van der Waals surface area contributed by atoms with Gasteiger partial charge in [-0.25, -0.2) is 0 Å². The molecule has 1 N–H and O–H groups in total. The number of amides is 1. The maximum Gasteiger partial charge on any atom is 0.261 e. The van der Waals surface area contributed by atoms with Gasteiger partial charge in [0.25, 0.3) is 5.91 Å². The predicted molar refractivity (Wildman–Crippen MR) is 73.6 cm³/mol. The zero-order valence-corrected chi connectivity index (χ0v) is 12.2. The van der Waals surface area contributed by atoms with Gasteiger partial charge in [0.1, 0.15) is 0 Å². The Hall–Kier alpha value is -0.350. The lowest BCUT2D eigenvalue weighted by Gasteiger charge is -2.13. The SMILES string of the molecule is CCC(CCBr)CNC(=O)c1sccc1C. The van der Waals surface area contributed by atoms with E-state index in [9.17, 15) is 4.79 Å². The highest BCUT2D eigenvalue weighted by atomic mass is 79.9. The van der Waals surface area contributed by atoms with Gasteiger partial charge in [-0.15, -0.1) is 11.3 Å². The molecule has 0 aliphatic carbocycles. The summed E-state index contributed by atoms with van der Waals surface area (Å²) in [7, 11) is 0. The van der Waals surface area contributed by atoms with Gasteiger partial charge in [-0.2, -0.15) is 0 Å². The van der Waals surface area contributed by atoms with Crippen LogP contribution in [0.15, 0.2) is 11.4 Å². The lowest BCUT2D eigenvalue weighted by atomic mass is 10.0. The molecule has 16 heavy (non-hydrogen) atoms. The summed E-state index contributed by atoms with van der Waals surface area (Å²) in [6.07, 6.45) is 2.22. The van der Waals surface area contributed by atoms with Crippen molar-refractivity contribution in [3.63, 3.8) is 0 Å². The van der Waals surface area contributed by atoms with E-state index < -0.39 is 0 Å². The van der Waals surface area contributed by atoms with Gasteiger partial charge in [-0.3, -0.25) is 4.79 Å². The first-order valence-corrected chi connectivity index (χ1v) is 7.57. The molecule has 0 saturated carbocycles. The van der Waals surface area contributed by atoms with Crippen LogP contribution in [-0.4, -0.2) is 17.8 Å². The molecule has 0 aliphatic heterocycles. The number of halogens is 1. The summed E-state index contributed by atoms with van der Waals surface area (Å²) in [5.41, 5.74) is 1.07. The minimum absolute atomic E-state index is 0.0699. The van der Waals surface area contributed by atoms with E-state index in [1.165, 1.54) is 11.3 Å². The van der Waals surface area contributed by atoms with Crippen LogP contribution in [0.2, 0.25) is 0 Å². The fourth-order valence-corrected chi connectivity index (χ4v) is 3.02. The largest absolute Gasteiger partial charge is 0.351 e. The second-order valence-electron chi connectivity index (χ2n) is 3.89. The van der Waals surface area contributed by atoms with Crippen molar-refractivity contribution in [3.05, 3.63) is 21.9 Å². The fraction of sp³-hybridized carbons (Fsp3) is 0.583. The minimum Gasteiger partial charge on any atom is -0.351 e. The van der Waals surface area contributed by atoms with Crippen LogP contribution in [0.3, 0.4) is 0 Å². The van der Waals surface area contributed by atoms with E-state index in [0.29, 0.717) is 5.92 Å². The molecule has 2 nitrogen and oxygen atoms in total. The summed E-state index contributed by atoms with van der Waals surface area (Å²) >= 11 is 4.95. The van der Waals surface area contributed by atoms with Crippen molar-refractivity contribution in [2.24, 2.45) is 5.92 Å². The van der Waals surface area contributed by atoms with Gasteiger partial charge in [0.15, 0.2) is 0 Å². The minimum atomic E-state index is 0.0699. The van der Waals surface area contributed by atoms with Gasteiger partial charge >= 0.3 is 0 Å². The van der Waals surface area contributed by atoms with Crippen LogP contribution in [0, 0.1) is 12.8 Å². The normalized spacial score (nSPS) is 12.4. The van der Waals surface area contributed by atoms with E-state index >= 15 is 0 Å². The Morgan fingerprint density at radius 1 is 1.62 bits per heavy atom. The molecule has 0 aliphatic rings. The first-order valence-electron chi connectivity index (χ1n) is 5.57. The van der Waals surface area contributed by atoms with E-state index in [4.69, 9.17) is 0 Å². The van der Waals surface area contributed by atoms with Gasteiger partial charge in [0.2, 0.25) is 0 Å². The number of hydrogen-bond acceptors (Lipinski definition) is 2. The molecule has 1 amide bonds. The molecule has 1 aromatic rings. The van der Waals surface area contributed by atoms with Crippen molar-refractivity contribution in [1.29, 1.82) is 0 Å². The number of thiophene rings is 1. The van der Waals surface area contributed by atoms with Gasteiger partial charge in [0, 0.05) is 11.9 Å². The average molecular weight is 304 g/mol. The number of alkyl halides is 1. The Morgan fingerprint density at radius 3 is 2.88 bits per heavy atom. The third-order valence-electron chi connectivity index (χ3n) is 2.71. The van der Waals surface area contributed by atoms with Crippen LogP contribution < -0.4 is 5.32 Å². The number of rotatable bonds is 6. The molecule has 0 fully saturated rings. The monoisotopic (exact) mass is 303 g/mol. The summed E-state index contributed by atoms with van der Waals surface area (Å²) in [6, 6.07) is 1.98. The molecular weight excluding hydrogens is 286 g/mol. The lowest BCUT2D eigenvalue weighted by Crippen LogP contribution is -2.29. The molecule has 0 radical (unpaired) electrons. The number of aryl methyl sites for hydroxylation is 1. The van der Waals surface area contributed by atoms with Gasteiger partial charge in [-0.1, -0.05) is 29.3 Å². The Kier molecular flexibility index (Phi) is 6.06. The molecule has 4 heteroatoms. The maximum atomic E-state index is 11.8. The predicted octanol–water partition coefficient (Wildman–Crippen LogP) is 3.60. The molecule has 0 bridgehead atoms. The molecule has 1 unspecified atom stereocenters. The summed E-state index contributed by atoms with van der Waals surface area (Å²) in [5, 5.41) is 5.97. The molecular formula is C12H18BrNOS. The van der Waals surface area contributed by atoms with Crippen LogP contribution in [-0.2, 0) is 0 Å². The number of carbonyl (C=O) groups is 1. The second kappa shape index (κ2) is 7.07. The van der Waals surface area contributed by atoms with Crippen LogP contribution >= 0.6 is 27.3 Å². The van der Waals surface area contributed by atoms with Crippen LogP contribution in [0.4, 0.5) is 0 Å². The third kappa shape index (κ3) is 3.91. The van der Waals surface area contributed by atoms with Crippen LogP contribution in [0.5, 0.6) is 0 Å². The van der Waals surface area contributed by atoms with Crippen molar-refractivity contribution < 1.29 is 4.79 Å². The standard InChI is InChI=1S/C12H18BrNOS/c1-3-10(4-6-13)8-14-12(15)11-9(2)5-7-16-11/h5,7,10H,3-4,6,8H2,1-2H3,(H,14,15). The lowest BCUT2D eigenvalue weighted by molar-refractivity contribution is 0.0950. The van der Waals surface area contributed by atoms with Crippen LogP contribution in [0.1, 0.15) is 35.0 Å². The molecule has 0 spiro atoms. The van der Waals surface area contributed by atoms with E-state index in [2.05, 4.69) is 28.2 Å². The Bertz CT molecular complexity index is 338. The summed E-state index contributed by atoms with van der Waals surface area (Å²) in [6.45, 7) is 4.91. The Morgan fingerprint density at radius 2 is 2.38 bits per heavy atom. The molecule has 0 aromatic carbocycles. The number of nitrogens with one attached hydrogen (secondary N) is 1. The van der Waals surface area contributed by atoms with E-state index in [0.717, 1.165) is 35.2 Å². The first kappa shape index (κ1) is 13.7. The summed E-state index contributed by atoms with van der Waals surface area (Å²) < 4.78 is 0. The summed E-state index contributed by atoms with van der Waals surface area (Å²) in [5.74, 6) is 0.643. The second-order valence-corrected chi connectivity index (χ2v) is 5.60. The van der Waals surface area contributed by atoms with E-state index in [1.807, 2.05) is 18.4 Å². The van der Waals surface area contributed by atoms with Crippen molar-refractivity contribution in [3.8, 4) is 0 Å². The Labute approximate surface area is 110 Å². The quantitative estimate of drug-likeness (QED) is 0.799. The van der Waals surface area contributed by atoms with Crippen molar-refractivity contribution >= 4 is 33.2 Å². The average Bonchev–Trinajstić information content (AvgIpc) is 2.70. The number of hydrogen-bond donors (Lipinski definition) is 1. The molecule has 90 valence electrons. The molecule has 1 heterocycles. The van der Waals surface area contributed by atoms with Gasteiger partial charge in [0.05, 0.1) is 4.88 Å². The summed E-state index contributed by atoms with van der Waals surface area (Å²) in [4.78, 5) is 12.7. The zero-order valence-electron chi connectivity index (χ0n) is 9.75. The van der Waals surface area contributed by atoms with E-state index in [1.54, 1.807) is 0 Å². The smallest absolute Gasteiger partial charge is 0.261 e. The van der Waals surface area contributed by atoms with Crippen molar-refractivity contribution in [2.75, 3.05) is 11.9 Å². The zero-order chi connectivity index (χ0) is 12.0. The molecule has 0 saturated heterocycles. The molecule has 1 aromatic heterocycles. The van der Waals surface area contributed by atoms with Crippen LogP contribution in [0.25, 0.3) is 0 Å². The van der Waals surface area contributed by atoms with Gasteiger partial charge in [-0.05, 0) is 36.3 Å². The van der Waals surface area contributed by atoms with Crippen molar-refractivity contribution in [2.45, 2.75) is 26.7 Å². The fourth-order valence-electron chi connectivity index (χ4n) is 1.53. The van der Waals surface area contributed by atoms with Gasteiger partial charge < -0.3 is 5.32 Å². The molecule has 1 atom stereocenters. The number of carbonyl (C=O) groups excluding carboxylic acids is 1. The van der Waals surface area contributed by atoms with Crippen molar-refractivity contribution in [1.82, 2.24) is 5.32 Å². The first-order chi connectivity index (χ1) is 7.69. The highest BCUT2D eigenvalue weighted by Gasteiger charge is 2.12. The highest BCUT2D eigenvalue weighted by molar-refractivity contribution is 9.09. The third-order valence-corrected chi connectivity index (χ3v) is 4.19. The Balaban J connectivity index is 2.43. The topological polar surface area (TPSA) is 29.1 Å². The maximum absolute atomic E-state index is 11.8. The molecule has 1 rings (SSSR count). The highest BCUT2D eigenvalue weighted by Crippen LogP contribution is 2.15.